The third-order valence-corrected chi connectivity index (χ3v) is 3.26. The van der Waals surface area contributed by atoms with Crippen molar-refractivity contribution in [3.05, 3.63) is 59.2 Å². The summed E-state index contributed by atoms with van der Waals surface area (Å²) >= 11 is 0. The minimum Gasteiger partial charge on any atom is -0.494 e. The Kier molecular flexibility index (Phi) is 6.03. The van der Waals surface area contributed by atoms with Gasteiger partial charge in [-0.15, -0.1) is 0 Å². The topological polar surface area (TPSA) is 47.6 Å². The molecule has 0 unspecified atom stereocenters. The number of hydrogen-bond donors (Lipinski definition) is 1. The van der Waals surface area contributed by atoms with Gasteiger partial charge >= 0.3 is 0 Å². The summed E-state index contributed by atoms with van der Waals surface area (Å²) in [5.74, 6) is 1.38. The summed E-state index contributed by atoms with van der Waals surface area (Å²) < 4.78 is 11.0. The van der Waals surface area contributed by atoms with Gasteiger partial charge in [0.05, 0.1) is 6.61 Å². The summed E-state index contributed by atoms with van der Waals surface area (Å²) in [6.45, 7) is 7.04. The number of hydrogen-bond acceptors (Lipinski definition) is 3. The van der Waals surface area contributed by atoms with Gasteiger partial charge in [-0.05, 0) is 61.7 Å². The molecule has 23 heavy (non-hydrogen) atoms. The van der Waals surface area contributed by atoms with Crippen LogP contribution in [0.2, 0.25) is 0 Å². The molecule has 0 fully saturated rings. The van der Waals surface area contributed by atoms with Crippen LogP contribution in [0.15, 0.2) is 42.5 Å². The Morgan fingerprint density at radius 2 is 1.74 bits per heavy atom. The maximum absolute atomic E-state index is 11.9. The zero-order valence-electron chi connectivity index (χ0n) is 13.9. The first-order valence-corrected chi connectivity index (χ1v) is 7.76. The van der Waals surface area contributed by atoms with Gasteiger partial charge < -0.3 is 14.8 Å². The Labute approximate surface area is 137 Å². The van der Waals surface area contributed by atoms with Crippen LogP contribution in [-0.4, -0.2) is 19.1 Å². The summed E-state index contributed by atoms with van der Waals surface area (Å²) in [5, 5.41) is 2.85. The molecule has 122 valence electrons. The predicted octanol–water partition coefficient (Wildman–Crippen LogP) is 3.40. The summed E-state index contributed by atoms with van der Waals surface area (Å²) in [5.41, 5.74) is 3.23. The number of ether oxygens (including phenoxy) is 2. The van der Waals surface area contributed by atoms with E-state index >= 15 is 0 Å². The summed E-state index contributed by atoms with van der Waals surface area (Å²) in [4.78, 5) is 11.9. The molecule has 0 aliphatic rings. The highest BCUT2D eigenvalue weighted by Gasteiger charge is 2.04. The lowest BCUT2D eigenvalue weighted by atomic mass is 10.1. The van der Waals surface area contributed by atoms with Crippen LogP contribution >= 0.6 is 0 Å². The average molecular weight is 313 g/mol. The number of rotatable bonds is 7. The second-order valence-electron chi connectivity index (χ2n) is 5.47. The number of benzene rings is 2. The fraction of sp³-hybridized carbons (Fsp3) is 0.316. The number of amides is 1. The van der Waals surface area contributed by atoms with Crippen LogP contribution in [0, 0.1) is 13.8 Å². The van der Waals surface area contributed by atoms with E-state index in [1.54, 1.807) is 0 Å². The largest absolute Gasteiger partial charge is 0.494 e. The highest BCUT2D eigenvalue weighted by atomic mass is 16.5. The van der Waals surface area contributed by atoms with E-state index < -0.39 is 0 Å². The monoisotopic (exact) mass is 313 g/mol. The van der Waals surface area contributed by atoms with Crippen LogP contribution in [0.25, 0.3) is 0 Å². The van der Waals surface area contributed by atoms with Crippen molar-refractivity contribution >= 4 is 5.91 Å². The lowest BCUT2D eigenvalue weighted by molar-refractivity contribution is -0.123. The van der Waals surface area contributed by atoms with Crippen LogP contribution in [0.3, 0.4) is 0 Å². The Hall–Kier alpha value is -2.49. The van der Waals surface area contributed by atoms with Crippen molar-refractivity contribution in [2.75, 3.05) is 13.2 Å². The van der Waals surface area contributed by atoms with Gasteiger partial charge in [0.1, 0.15) is 11.5 Å². The van der Waals surface area contributed by atoms with E-state index in [0.29, 0.717) is 13.2 Å². The van der Waals surface area contributed by atoms with Crippen molar-refractivity contribution in [1.82, 2.24) is 5.32 Å². The summed E-state index contributed by atoms with van der Waals surface area (Å²) in [7, 11) is 0. The second-order valence-corrected chi connectivity index (χ2v) is 5.47. The zero-order chi connectivity index (χ0) is 16.7. The van der Waals surface area contributed by atoms with E-state index in [1.807, 2.05) is 57.2 Å². The molecule has 2 aromatic carbocycles. The van der Waals surface area contributed by atoms with Crippen molar-refractivity contribution < 1.29 is 14.3 Å². The molecular formula is C19H23NO3. The van der Waals surface area contributed by atoms with E-state index in [9.17, 15) is 4.79 Å². The third kappa shape index (κ3) is 5.66. The molecule has 2 rings (SSSR count). The zero-order valence-corrected chi connectivity index (χ0v) is 13.9. The number of nitrogens with one attached hydrogen (secondary N) is 1. The van der Waals surface area contributed by atoms with Crippen molar-refractivity contribution in [3.63, 3.8) is 0 Å². The molecule has 4 heteroatoms. The Morgan fingerprint density at radius 3 is 2.43 bits per heavy atom. The molecule has 0 aliphatic carbocycles. The molecular weight excluding hydrogens is 290 g/mol. The second kappa shape index (κ2) is 8.22. The molecule has 0 aliphatic heterocycles. The summed E-state index contributed by atoms with van der Waals surface area (Å²) in [6.07, 6.45) is 0. The van der Waals surface area contributed by atoms with Crippen LogP contribution < -0.4 is 14.8 Å². The standard InChI is InChI=1S/C19H23NO3/c1-4-22-17-7-5-6-16(11-17)12-20-19(21)13-23-18-9-14(2)8-15(3)10-18/h5-11H,4,12-13H2,1-3H3,(H,20,21). The first-order chi connectivity index (χ1) is 11.1. The van der Waals surface area contributed by atoms with Gasteiger partial charge in [-0.25, -0.2) is 0 Å². The van der Waals surface area contributed by atoms with Gasteiger partial charge in [0.25, 0.3) is 5.91 Å². The maximum Gasteiger partial charge on any atom is 0.258 e. The van der Waals surface area contributed by atoms with Gasteiger partial charge in [0.15, 0.2) is 6.61 Å². The van der Waals surface area contributed by atoms with Gasteiger partial charge in [-0.3, -0.25) is 4.79 Å². The highest BCUT2D eigenvalue weighted by Crippen LogP contribution is 2.16. The van der Waals surface area contributed by atoms with E-state index in [4.69, 9.17) is 9.47 Å². The Bertz CT molecular complexity index is 647. The van der Waals surface area contributed by atoms with Crippen molar-refractivity contribution in [3.8, 4) is 11.5 Å². The fourth-order valence-electron chi connectivity index (χ4n) is 2.33. The number of carbonyl (C=O) groups is 1. The van der Waals surface area contributed by atoms with Gasteiger partial charge in [0, 0.05) is 6.54 Å². The van der Waals surface area contributed by atoms with Crippen LogP contribution in [0.5, 0.6) is 11.5 Å². The minimum atomic E-state index is -0.147. The molecule has 0 atom stereocenters. The van der Waals surface area contributed by atoms with E-state index in [-0.39, 0.29) is 12.5 Å². The van der Waals surface area contributed by atoms with Gasteiger partial charge in [0.2, 0.25) is 0 Å². The summed E-state index contributed by atoms with van der Waals surface area (Å²) in [6, 6.07) is 13.6. The average Bonchev–Trinajstić information content (AvgIpc) is 2.51. The fourth-order valence-corrected chi connectivity index (χ4v) is 2.33. The minimum absolute atomic E-state index is 0.00798. The van der Waals surface area contributed by atoms with Gasteiger partial charge in [-0.1, -0.05) is 18.2 Å². The molecule has 4 nitrogen and oxygen atoms in total. The molecule has 0 radical (unpaired) electrons. The molecule has 0 spiro atoms. The van der Waals surface area contributed by atoms with Gasteiger partial charge in [-0.2, -0.15) is 0 Å². The molecule has 1 N–H and O–H groups in total. The number of aryl methyl sites for hydroxylation is 2. The Balaban J connectivity index is 1.82. The maximum atomic E-state index is 11.9. The normalized spacial score (nSPS) is 10.2. The van der Waals surface area contributed by atoms with E-state index in [0.717, 1.165) is 28.2 Å². The molecule has 0 heterocycles. The van der Waals surface area contributed by atoms with Crippen LogP contribution in [0.4, 0.5) is 0 Å². The molecule has 2 aromatic rings. The lowest BCUT2D eigenvalue weighted by Gasteiger charge is -2.10. The quantitative estimate of drug-likeness (QED) is 0.852. The molecule has 0 saturated carbocycles. The molecule has 1 amide bonds. The molecule has 0 saturated heterocycles. The van der Waals surface area contributed by atoms with E-state index in [1.165, 1.54) is 0 Å². The highest BCUT2D eigenvalue weighted by molar-refractivity contribution is 5.77. The lowest BCUT2D eigenvalue weighted by Crippen LogP contribution is -2.28. The molecule has 0 aromatic heterocycles. The van der Waals surface area contributed by atoms with E-state index in [2.05, 4.69) is 11.4 Å². The van der Waals surface area contributed by atoms with Crippen molar-refractivity contribution in [2.45, 2.75) is 27.3 Å². The smallest absolute Gasteiger partial charge is 0.258 e. The SMILES string of the molecule is CCOc1cccc(CNC(=O)COc2cc(C)cc(C)c2)c1. The number of carbonyl (C=O) groups excluding carboxylic acids is 1. The van der Waals surface area contributed by atoms with Crippen molar-refractivity contribution in [1.29, 1.82) is 0 Å². The van der Waals surface area contributed by atoms with Crippen molar-refractivity contribution in [2.24, 2.45) is 0 Å². The molecule has 0 bridgehead atoms. The first-order valence-electron chi connectivity index (χ1n) is 7.76. The predicted molar refractivity (Wildman–Crippen MR) is 90.9 cm³/mol. The third-order valence-electron chi connectivity index (χ3n) is 3.26. The Morgan fingerprint density at radius 1 is 1.00 bits per heavy atom. The van der Waals surface area contributed by atoms with Crippen LogP contribution in [-0.2, 0) is 11.3 Å². The first kappa shape index (κ1) is 16.9. The van der Waals surface area contributed by atoms with Crippen LogP contribution in [0.1, 0.15) is 23.6 Å².